The smallest absolute Gasteiger partial charge is 0.258 e. The molecule has 31 heavy (non-hydrogen) atoms. The molecule has 1 heterocycles. The summed E-state index contributed by atoms with van der Waals surface area (Å²) < 4.78 is 2.05. The van der Waals surface area contributed by atoms with Crippen LogP contribution in [0.2, 0.25) is 0 Å². The Balaban J connectivity index is 1.65. The van der Waals surface area contributed by atoms with Crippen molar-refractivity contribution in [3.05, 3.63) is 112 Å². The highest BCUT2D eigenvalue weighted by Gasteiger charge is 2.25. The summed E-state index contributed by atoms with van der Waals surface area (Å²) >= 11 is 0. The lowest BCUT2D eigenvalue weighted by atomic mass is 9.89. The predicted octanol–water partition coefficient (Wildman–Crippen LogP) is 6.32. The zero-order valence-corrected chi connectivity index (χ0v) is 16.9. The summed E-state index contributed by atoms with van der Waals surface area (Å²) in [6, 6.07) is 27.3. The van der Waals surface area contributed by atoms with Crippen molar-refractivity contribution >= 4 is 17.3 Å². The maximum atomic E-state index is 11.0. The van der Waals surface area contributed by atoms with Gasteiger partial charge >= 0.3 is 0 Å². The molecule has 0 radical (unpaired) electrons. The molecule has 1 aliphatic rings. The van der Waals surface area contributed by atoms with E-state index in [1.807, 2.05) is 24.3 Å². The fraction of sp³-hybridized carbons (Fsp3) is 0.115. The van der Waals surface area contributed by atoms with Crippen LogP contribution < -0.4 is 0 Å². The monoisotopic (exact) mass is 407 g/mol. The van der Waals surface area contributed by atoms with Crippen molar-refractivity contribution in [2.75, 3.05) is 0 Å². The molecule has 1 aromatic heterocycles. The molecule has 0 unspecified atom stereocenters. The Morgan fingerprint density at radius 1 is 0.871 bits per heavy atom. The number of hydrogen-bond donors (Lipinski definition) is 0. The van der Waals surface area contributed by atoms with E-state index in [9.17, 15) is 10.1 Å². The van der Waals surface area contributed by atoms with E-state index in [0.29, 0.717) is 0 Å². The number of aromatic nitrogens is 2. The van der Waals surface area contributed by atoms with Gasteiger partial charge in [0.2, 0.25) is 0 Å². The maximum absolute atomic E-state index is 11.0. The molecule has 5 nitrogen and oxygen atoms in total. The number of para-hydroxylation sites is 1. The van der Waals surface area contributed by atoms with Crippen LogP contribution in [0.3, 0.4) is 0 Å². The first kappa shape index (κ1) is 19.0. The second-order valence-electron chi connectivity index (χ2n) is 7.66. The average molecular weight is 407 g/mol. The molecule has 0 spiro atoms. The summed E-state index contributed by atoms with van der Waals surface area (Å²) in [5.74, 6) is 0. The fourth-order valence-corrected chi connectivity index (χ4v) is 4.20. The quantitative estimate of drug-likeness (QED) is 0.294. The molecule has 0 amide bonds. The number of rotatable bonds is 4. The Morgan fingerprint density at radius 3 is 2.23 bits per heavy atom. The second kappa shape index (κ2) is 8.03. The Morgan fingerprint density at radius 2 is 1.55 bits per heavy atom. The number of nitrogens with zero attached hydrogens (tertiary/aromatic N) is 3. The third kappa shape index (κ3) is 3.66. The SMILES string of the molecule is O=[N+]([O-])c1ccc(/C=C2\CCCc3c2nn(-c2ccccc2)c3-c2ccccc2)cc1. The zero-order valence-electron chi connectivity index (χ0n) is 16.9. The van der Waals surface area contributed by atoms with Gasteiger partial charge in [-0.15, -0.1) is 0 Å². The van der Waals surface area contributed by atoms with Crippen molar-refractivity contribution in [3.8, 4) is 16.9 Å². The highest BCUT2D eigenvalue weighted by molar-refractivity contribution is 5.85. The molecule has 1 aliphatic carbocycles. The van der Waals surface area contributed by atoms with Crippen LogP contribution in [0.25, 0.3) is 28.6 Å². The van der Waals surface area contributed by atoms with Crippen LogP contribution in [0.4, 0.5) is 5.69 Å². The van der Waals surface area contributed by atoms with Crippen LogP contribution in [0.5, 0.6) is 0 Å². The minimum atomic E-state index is -0.372. The van der Waals surface area contributed by atoms with Gasteiger partial charge in [-0.3, -0.25) is 10.1 Å². The fourth-order valence-electron chi connectivity index (χ4n) is 4.20. The number of nitro benzene ring substituents is 1. The van der Waals surface area contributed by atoms with E-state index in [0.717, 1.165) is 47.5 Å². The minimum Gasteiger partial charge on any atom is -0.258 e. The van der Waals surface area contributed by atoms with E-state index in [1.165, 1.54) is 11.1 Å². The number of allylic oxidation sites excluding steroid dienone is 1. The van der Waals surface area contributed by atoms with Crippen LogP contribution in [0.15, 0.2) is 84.9 Å². The molecule has 0 N–H and O–H groups in total. The predicted molar refractivity (Wildman–Crippen MR) is 123 cm³/mol. The van der Waals surface area contributed by atoms with Gasteiger partial charge in [0.15, 0.2) is 0 Å². The van der Waals surface area contributed by atoms with Gasteiger partial charge in [-0.05, 0) is 60.7 Å². The largest absolute Gasteiger partial charge is 0.269 e. The molecule has 0 aliphatic heterocycles. The van der Waals surface area contributed by atoms with E-state index in [2.05, 4.69) is 47.2 Å². The highest BCUT2D eigenvalue weighted by Crippen LogP contribution is 2.39. The van der Waals surface area contributed by atoms with Gasteiger partial charge in [-0.2, -0.15) is 5.10 Å². The molecule has 4 aromatic rings. The minimum absolute atomic E-state index is 0.103. The third-order valence-electron chi connectivity index (χ3n) is 5.65. The average Bonchev–Trinajstić information content (AvgIpc) is 3.21. The van der Waals surface area contributed by atoms with Crippen LogP contribution in [0, 0.1) is 10.1 Å². The van der Waals surface area contributed by atoms with Gasteiger partial charge < -0.3 is 0 Å². The Hall–Kier alpha value is -3.99. The van der Waals surface area contributed by atoms with Crippen molar-refractivity contribution < 1.29 is 4.92 Å². The summed E-state index contributed by atoms with van der Waals surface area (Å²) in [5.41, 5.74) is 7.82. The van der Waals surface area contributed by atoms with Gasteiger partial charge in [-0.25, -0.2) is 4.68 Å². The number of hydrogen-bond acceptors (Lipinski definition) is 3. The Labute approximate surface area is 180 Å². The standard InChI is InChI=1S/C26H21N3O2/c30-29(31)23-16-14-19(15-17-23)18-21-10-7-13-24-25(21)27-28(22-11-5-2-6-12-22)26(24)20-8-3-1-4-9-20/h1-6,8-9,11-12,14-18H,7,10,13H2/b21-18+. The molecule has 0 saturated heterocycles. The van der Waals surface area contributed by atoms with Gasteiger partial charge in [0.05, 0.1) is 22.0 Å². The lowest BCUT2D eigenvalue weighted by Gasteiger charge is -2.15. The van der Waals surface area contributed by atoms with Crippen LogP contribution >= 0.6 is 0 Å². The molecular formula is C26H21N3O2. The van der Waals surface area contributed by atoms with Gasteiger partial charge in [-0.1, -0.05) is 48.5 Å². The molecule has 3 aromatic carbocycles. The molecule has 0 bridgehead atoms. The Bertz CT molecular complexity index is 1260. The lowest BCUT2D eigenvalue weighted by Crippen LogP contribution is -2.01. The Kier molecular flexibility index (Phi) is 4.92. The first-order chi connectivity index (χ1) is 15.2. The summed E-state index contributed by atoms with van der Waals surface area (Å²) in [6.45, 7) is 0. The van der Waals surface area contributed by atoms with E-state index in [4.69, 9.17) is 5.10 Å². The number of fused-ring (bicyclic) bond motifs is 1. The van der Waals surface area contributed by atoms with Crippen LogP contribution in [-0.2, 0) is 6.42 Å². The van der Waals surface area contributed by atoms with E-state index in [1.54, 1.807) is 24.3 Å². The lowest BCUT2D eigenvalue weighted by molar-refractivity contribution is -0.384. The summed E-state index contributed by atoms with van der Waals surface area (Å²) in [6.07, 6.45) is 5.07. The molecule has 5 rings (SSSR count). The van der Waals surface area contributed by atoms with E-state index in [-0.39, 0.29) is 10.6 Å². The second-order valence-corrected chi connectivity index (χ2v) is 7.66. The summed E-state index contributed by atoms with van der Waals surface area (Å²) in [4.78, 5) is 10.6. The number of nitro groups is 1. The van der Waals surface area contributed by atoms with Crippen molar-refractivity contribution in [1.82, 2.24) is 9.78 Å². The number of benzene rings is 3. The topological polar surface area (TPSA) is 61.0 Å². The van der Waals surface area contributed by atoms with Crippen molar-refractivity contribution in [2.24, 2.45) is 0 Å². The van der Waals surface area contributed by atoms with Crippen LogP contribution in [-0.4, -0.2) is 14.7 Å². The first-order valence-electron chi connectivity index (χ1n) is 10.4. The first-order valence-corrected chi connectivity index (χ1v) is 10.4. The van der Waals surface area contributed by atoms with Gasteiger partial charge in [0.1, 0.15) is 0 Å². The van der Waals surface area contributed by atoms with E-state index >= 15 is 0 Å². The van der Waals surface area contributed by atoms with Crippen LogP contribution in [0.1, 0.15) is 29.7 Å². The number of non-ortho nitro benzene ring substituents is 1. The molecule has 0 saturated carbocycles. The molecule has 0 atom stereocenters. The van der Waals surface area contributed by atoms with Crippen molar-refractivity contribution in [2.45, 2.75) is 19.3 Å². The van der Waals surface area contributed by atoms with Gasteiger partial charge in [0, 0.05) is 23.3 Å². The molecular weight excluding hydrogens is 386 g/mol. The molecule has 152 valence electrons. The van der Waals surface area contributed by atoms with E-state index < -0.39 is 0 Å². The van der Waals surface area contributed by atoms with Gasteiger partial charge in [0.25, 0.3) is 5.69 Å². The third-order valence-corrected chi connectivity index (χ3v) is 5.65. The highest BCUT2D eigenvalue weighted by atomic mass is 16.6. The summed E-state index contributed by atoms with van der Waals surface area (Å²) in [7, 11) is 0. The van der Waals surface area contributed by atoms with Crippen molar-refractivity contribution in [3.63, 3.8) is 0 Å². The van der Waals surface area contributed by atoms with Crippen molar-refractivity contribution in [1.29, 1.82) is 0 Å². The molecule has 5 heteroatoms. The summed E-state index contributed by atoms with van der Waals surface area (Å²) in [5, 5.41) is 16.0. The maximum Gasteiger partial charge on any atom is 0.269 e. The molecule has 0 fully saturated rings. The zero-order chi connectivity index (χ0) is 21.2. The normalized spacial score (nSPS) is 14.4.